The van der Waals surface area contributed by atoms with Gasteiger partial charge in [-0.25, -0.2) is 0 Å². The average molecular weight is 371 g/mol. The van der Waals surface area contributed by atoms with Crippen molar-refractivity contribution >= 4 is 17.3 Å². The lowest BCUT2D eigenvalue weighted by Gasteiger charge is -2.59. The largest absolute Gasteiger partial charge is 0.300 e. The van der Waals surface area contributed by atoms with Gasteiger partial charge in [0.15, 0.2) is 11.6 Å². The first-order valence-corrected chi connectivity index (χ1v) is 10.8. The molecule has 0 bridgehead atoms. The molecule has 0 aromatic carbocycles. The number of Topliss-reactive ketones (excluding diaryl/α,β-unsaturated/α-hetero) is 2. The minimum Gasteiger partial charge on any atom is -0.300 e. The fourth-order valence-electron chi connectivity index (χ4n) is 7.14. The van der Waals surface area contributed by atoms with E-state index in [4.69, 9.17) is 0 Å². The van der Waals surface area contributed by atoms with Crippen LogP contribution in [-0.2, 0) is 14.4 Å². The summed E-state index contributed by atoms with van der Waals surface area (Å²) in [5.74, 6) is 2.25. The Labute approximate surface area is 163 Å². The molecule has 0 aromatic rings. The molecule has 0 N–H and O–H groups in total. The van der Waals surface area contributed by atoms with Crippen molar-refractivity contribution in [3.05, 3.63) is 11.6 Å². The van der Waals surface area contributed by atoms with Crippen LogP contribution in [0.2, 0.25) is 0 Å². The van der Waals surface area contributed by atoms with Crippen molar-refractivity contribution in [2.24, 2.45) is 39.9 Å². The van der Waals surface area contributed by atoms with Crippen LogP contribution in [0.25, 0.3) is 0 Å². The van der Waals surface area contributed by atoms with Crippen LogP contribution < -0.4 is 0 Å². The smallest absolute Gasteiger partial charge is 0.164 e. The first kappa shape index (κ1) is 19.1. The number of hydrogen-bond acceptors (Lipinski definition) is 3. The van der Waals surface area contributed by atoms with Gasteiger partial charge in [0.25, 0.3) is 0 Å². The van der Waals surface area contributed by atoms with E-state index in [1.54, 1.807) is 6.08 Å². The summed E-state index contributed by atoms with van der Waals surface area (Å²) in [5.41, 5.74) is 0.145. The third-order valence-electron chi connectivity index (χ3n) is 8.78. The molecule has 4 rings (SSSR count). The molecule has 148 valence electrons. The Morgan fingerprint density at radius 3 is 2.44 bits per heavy atom. The van der Waals surface area contributed by atoms with E-state index in [1.807, 2.05) is 20.8 Å². The highest BCUT2D eigenvalue weighted by Crippen LogP contribution is 2.65. The van der Waals surface area contributed by atoms with Crippen LogP contribution >= 0.6 is 0 Å². The maximum Gasteiger partial charge on any atom is 0.164 e. The van der Waals surface area contributed by atoms with E-state index in [-0.39, 0.29) is 22.9 Å². The van der Waals surface area contributed by atoms with Crippen LogP contribution in [0, 0.1) is 39.9 Å². The molecule has 0 amide bonds. The predicted octanol–water partition coefficient (Wildman–Crippen LogP) is 4.93. The van der Waals surface area contributed by atoms with Crippen molar-refractivity contribution in [3.63, 3.8) is 0 Å². The SMILES string of the molecule is CC(C)(C)C(=O)C1=CC(=O)[C@@]2(C)CC[C@H]3[C@@H](CCC4CC(=O)CC[C@@]43C)[C@H]12. The fraction of sp³-hybridized carbons (Fsp3) is 0.792. The predicted molar refractivity (Wildman–Crippen MR) is 105 cm³/mol. The van der Waals surface area contributed by atoms with Gasteiger partial charge in [-0.3, -0.25) is 14.4 Å². The van der Waals surface area contributed by atoms with Crippen molar-refractivity contribution in [1.29, 1.82) is 0 Å². The molecule has 1 unspecified atom stereocenters. The van der Waals surface area contributed by atoms with Gasteiger partial charge in [0.1, 0.15) is 5.78 Å². The zero-order valence-electron chi connectivity index (χ0n) is 17.6. The molecule has 3 heteroatoms. The Bertz CT molecular complexity index is 739. The molecule has 0 aliphatic heterocycles. The van der Waals surface area contributed by atoms with Gasteiger partial charge in [-0.05, 0) is 61.3 Å². The standard InChI is InChI=1S/C24H34O3/c1-22(2,3)21(27)17-13-19(26)24(5)11-9-18-16(20(17)24)7-6-14-12-15(25)8-10-23(14,18)4/h13-14,16,18,20H,6-12H2,1-5H3/t14?,16-,18+,20-,23+,24-/m1/s1. The van der Waals surface area contributed by atoms with E-state index < -0.39 is 10.8 Å². The molecular formula is C24H34O3. The Kier molecular flexibility index (Phi) is 4.15. The molecule has 3 nitrogen and oxygen atoms in total. The second-order valence-corrected chi connectivity index (χ2v) is 11.3. The lowest BCUT2D eigenvalue weighted by Crippen LogP contribution is -2.54. The van der Waals surface area contributed by atoms with Crippen LogP contribution in [0.4, 0.5) is 0 Å². The van der Waals surface area contributed by atoms with Crippen molar-refractivity contribution in [2.45, 2.75) is 79.6 Å². The van der Waals surface area contributed by atoms with Gasteiger partial charge in [-0.2, -0.15) is 0 Å². The van der Waals surface area contributed by atoms with Gasteiger partial charge in [0, 0.05) is 35.2 Å². The highest BCUT2D eigenvalue weighted by molar-refractivity contribution is 6.11. The normalized spacial score (nSPS) is 44.3. The fourth-order valence-corrected chi connectivity index (χ4v) is 7.14. The number of carbonyl (C=O) groups excluding carboxylic acids is 3. The molecule has 27 heavy (non-hydrogen) atoms. The molecule has 0 radical (unpaired) electrons. The molecule has 0 saturated heterocycles. The molecule has 0 heterocycles. The summed E-state index contributed by atoms with van der Waals surface area (Å²) in [6, 6.07) is 0. The van der Waals surface area contributed by atoms with E-state index in [0.717, 1.165) is 44.1 Å². The summed E-state index contributed by atoms with van der Waals surface area (Å²) in [6.07, 6.45) is 8.22. The second kappa shape index (κ2) is 5.87. The van der Waals surface area contributed by atoms with Gasteiger partial charge in [-0.1, -0.05) is 34.6 Å². The van der Waals surface area contributed by atoms with E-state index in [2.05, 4.69) is 13.8 Å². The first-order chi connectivity index (χ1) is 12.5. The Hall–Kier alpha value is -1.25. The maximum absolute atomic E-state index is 13.2. The van der Waals surface area contributed by atoms with Crippen LogP contribution in [0.3, 0.4) is 0 Å². The molecule has 4 aliphatic rings. The van der Waals surface area contributed by atoms with Crippen molar-refractivity contribution in [1.82, 2.24) is 0 Å². The Morgan fingerprint density at radius 2 is 1.78 bits per heavy atom. The van der Waals surface area contributed by atoms with Gasteiger partial charge >= 0.3 is 0 Å². The zero-order chi connectivity index (χ0) is 19.8. The highest BCUT2D eigenvalue weighted by Gasteiger charge is 2.62. The van der Waals surface area contributed by atoms with E-state index in [0.29, 0.717) is 30.0 Å². The van der Waals surface area contributed by atoms with Gasteiger partial charge in [0.05, 0.1) is 0 Å². The van der Waals surface area contributed by atoms with Crippen LogP contribution in [-0.4, -0.2) is 17.3 Å². The number of allylic oxidation sites excluding steroid dienone is 2. The third-order valence-corrected chi connectivity index (χ3v) is 8.78. The van der Waals surface area contributed by atoms with Crippen molar-refractivity contribution in [3.8, 4) is 0 Å². The number of carbonyl (C=O) groups is 3. The average Bonchev–Trinajstić information content (AvgIpc) is 2.85. The quantitative estimate of drug-likeness (QED) is 0.658. The molecule has 3 fully saturated rings. The van der Waals surface area contributed by atoms with E-state index >= 15 is 0 Å². The first-order valence-electron chi connectivity index (χ1n) is 10.8. The zero-order valence-corrected chi connectivity index (χ0v) is 17.6. The minimum atomic E-state index is -0.456. The lowest BCUT2D eigenvalue weighted by molar-refractivity contribution is -0.144. The number of rotatable bonds is 1. The lowest BCUT2D eigenvalue weighted by atomic mass is 9.44. The summed E-state index contributed by atoms with van der Waals surface area (Å²) in [6.45, 7) is 10.4. The summed E-state index contributed by atoms with van der Waals surface area (Å²) in [4.78, 5) is 38.3. The highest BCUT2D eigenvalue weighted by atomic mass is 16.1. The van der Waals surface area contributed by atoms with Gasteiger partial charge in [-0.15, -0.1) is 0 Å². The number of hydrogen-bond donors (Lipinski definition) is 0. The monoisotopic (exact) mass is 370 g/mol. The summed E-state index contributed by atoms with van der Waals surface area (Å²) in [7, 11) is 0. The third kappa shape index (κ3) is 2.63. The molecule has 0 spiro atoms. The summed E-state index contributed by atoms with van der Waals surface area (Å²) >= 11 is 0. The maximum atomic E-state index is 13.2. The minimum absolute atomic E-state index is 0.0749. The van der Waals surface area contributed by atoms with Crippen molar-refractivity contribution in [2.75, 3.05) is 0 Å². The van der Waals surface area contributed by atoms with Crippen molar-refractivity contribution < 1.29 is 14.4 Å². The Morgan fingerprint density at radius 1 is 1.07 bits per heavy atom. The molecule has 3 saturated carbocycles. The van der Waals surface area contributed by atoms with Gasteiger partial charge < -0.3 is 0 Å². The van der Waals surface area contributed by atoms with Crippen LogP contribution in [0.15, 0.2) is 11.6 Å². The van der Waals surface area contributed by atoms with E-state index in [9.17, 15) is 14.4 Å². The van der Waals surface area contributed by atoms with Crippen LogP contribution in [0.1, 0.15) is 79.6 Å². The molecule has 4 aliphatic carbocycles. The topological polar surface area (TPSA) is 51.2 Å². The second-order valence-electron chi connectivity index (χ2n) is 11.3. The summed E-state index contributed by atoms with van der Waals surface area (Å²) in [5, 5.41) is 0. The molecule has 0 aromatic heterocycles. The Balaban J connectivity index is 1.72. The summed E-state index contributed by atoms with van der Waals surface area (Å²) < 4.78 is 0. The van der Waals surface area contributed by atoms with E-state index in [1.165, 1.54) is 0 Å². The molecule has 6 atom stereocenters. The van der Waals surface area contributed by atoms with Crippen LogP contribution in [0.5, 0.6) is 0 Å². The molecular weight excluding hydrogens is 336 g/mol. The number of ketones is 3. The van der Waals surface area contributed by atoms with Gasteiger partial charge in [0.2, 0.25) is 0 Å². The number of fused-ring (bicyclic) bond motifs is 5.